The topological polar surface area (TPSA) is 80.4 Å². The number of nitro groups is 1. The standard InChI is InChI=1S/C22H35NO4/c1-2-22(25)21(23(26)27)19-17-15-13-11-9-7-5-3-4-6-8-10-12-14-16-18-20-24/h5-9,11,15,17,20-22,25H,2-4,10,12-14,16,18-19H2,1H3/b7-5-,8-6-,11-9-,17-15-. The summed E-state index contributed by atoms with van der Waals surface area (Å²) in [6.45, 7) is 1.74. The number of carbonyl (C=O) groups excluding carboxylic acids is 1. The molecule has 5 nitrogen and oxygen atoms in total. The molecule has 0 aromatic heterocycles. The number of aliphatic hydroxyl groups is 1. The van der Waals surface area contributed by atoms with E-state index in [-0.39, 0.29) is 6.42 Å². The molecule has 0 aliphatic heterocycles. The van der Waals surface area contributed by atoms with Crippen LogP contribution in [0.2, 0.25) is 0 Å². The van der Waals surface area contributed by atoms with Gasteiger partial charge in [-0.15, -0.1) is 0 Å². The molecule has 0 aromatic carbocycles. The van der Waals surface area contributed by atoms with Gasteiger partial charge in [-0.3, -0.25) is 10.1 Å². The zero-order valence-electron chi connectivity index (χ0n) is 16.5. The van der Waals surface area contributed by atoms with Crippen LogP contribution in [0.5, 0.6) is 0 Å². The van der Waals surface area contributed by atoms with E-state index in [9.17, 15) is 20.0 Å². The van der Waals surface area contributed by atoms with Crippen LogP contribution in [-0.4, -0.2) is 28.5 Å². The second-order valence-electron chi connectivity index (χ2n) is 6.48. The van der Waals surface area contributed by atoms with E-state index in [2.05, 4.69) is 18.2 Å². The first-order valence-electron chi connectivity index (χ1n) is 10.00. The number of unbranched alkanes of at least 4 members (excludes halogenated alkanes) is 5. The van der Waals surface area contributed by atoms with Gasteiger partial charge < -0.3 is 9.90 Å². The van der Waals surface area contributed by atoms with Crippen molar-refractivity contribution in [3.63, 3.8) is 0 Å². The lowest BCUT2D eigenvalue weighted by atomic mass is 10.1. The van der Waals surface area contributed by atoms with Gasteiger partial charge in [0.1, 0.15) is 12.4 Å². The number of hydrogen-bond donors (Lipinski definition) is 1. The van der Waals surface area contributed by atoms with Crippen molar-refractivity contribution in [2.45, 2.75) is 83.3 Å². The van der Waals surface area contributed by atoms with Gasteiger partial charge in [0.25, 0.3) is 0 Å². The number of allylic oxidation sites excluding steroid dienone is 7. The Labute approximate surface area is 163 Å². The van der Waals surface area contributed by atoms with Crippen LogP contribution in [-0.2, 0) is 4.79 Å². The van der Waals surface area contributed by atoms with Gasteiger partial charge in [-0.25, -0.2) is 0 Å². The highest BCUT2D eigenvalue weighted by molar-refractivity contribution is 5.48. The Balaban J connectivity index is 3.72. The van der Waals surface area contributed by atoms with Gasteiger partial charge in [-0.2, -0.15) is 0 Å². The minimum absolute atomic E-state index is 0.259. The van der Waals surface area contributed by atoms with Gasteiger partial charge in [0.15, 0.2) is 0 Å². The van der Waals surface area contributed by atoms with Gasteiger partial charge in [-0.1, -0.05) is 62.0 Å². The van der Waals surface area contributed by atoms with Crippen molar-refractivity contribution in [1.82, 2.24) is 0 Å². The van der Waals surface area contributed by atoms with Crippen molar-refractivity contribution in [2.75, 3.05) is 0 Å². The van der Waals surface area contributed by atoms with E-state index < -0.39 is 17.1 Å². The summed E-state index contributed by atoms with van der Waals surface area (Å²) in [4.78, 5) is 20.6. The van der Waals surface area contributed by atoms with E-state index in [0.717, 1.165) is 51.2 Å². The number of aliphatic hydroxyl groups excluding tert-OH is 1. The monoisotopic (exact) mass is 377 g/mol. The van der Waals surface area contributed by atoms with Crippen LogP contribution < -0.4 is 0 Å². The fourth-order valence-corrected chi connectivity index (χ4v) is 2.49. The average Bonchev–Trinajstić information content (AvgIpc) is 2.66. The Morgan fingerprint density at radius 3 is 2.26 bits per heavy atom. The van der Waals surface area contributed by atoms with Crippen LogP contribution in [0.4, 0.5) is 0 Å². The molecule has 0 bridgehead atoms. The molecule has 0 aliphatic carbocycles. The summed E-state index contributed by atoms with van der Waals surface area (Å²) in [6.07, 6.45) is 24.7. The van der Waals surface area contributed by atoms with E-state index in [1.807, 2.05) is 24.3 Å². The zero-order chi connectivity index (χ0) is 20.2. The molecular formula is C22H35NO4. The molecule has 0 rings (SSSR count). The summed E-state index contributed by atoms with van der Waals surface area (Å²) in [5, 5.41) is 20.5. The number of aldehydes is 1. The first-order chi connectivity index (χ1) is 13.1. The van der Waals surface area contributed by atoms with Crippen LogP contribution in [0.1, 0.15) is 71.1 Å². The fourth-order valence-electron chi connectivity index (χ4n) is 2.49. The van der Waals surface area contributed by atoms with E-state index >= 15 is 0 Å². The molecule has 0 aromatic rings. The Kier molecular flexibility index (Phi) is 17.4. The molecule has 152 valence electrons. The third kappa shape index (κ3) is 15.9. The third-order valence-electron chi connectivity index (χ3n) is 4.19. The van der Waals surface area contributed by atoms with Crippen molar-refractivity contribution >= 4 is 6.29 Å². The lowest BCUT2D eigenvalue weighted by Gasteiger charge is -2.12. The third-order valence-corrected chi connectivity index (χ3v) is 4.19. The number of carbonyl (C=O) groups is 1. The van der Waals surface area contributed by atoms with Crippen LogP contribution in [0.25, 0.3) is 0 Å². The lowest BCUT2D eigenvalue weighted by Crippen LogP contribution is -2.32. The highest BCUT2D eigenvalue weighted by atomic mass is 16.6. The van der Waals surface area contributed by atoms with Gasteiger partial charge in [0, 0.05) is 17.8 Å². The van der Waals surface area contributed by atoms with Crippen molar-refractivity contribution < 1.29 is 14.8 Å². The van der Waals surface area contributed by atoms with Gasteiger partial charge in [-0.05, 0) is 44.9 Å². The minimum atomic E-state index is -0.917. The molecule has 27 heavy (non-hydrogen) atoms. The summed E-state index contributed by atoms with van der Waals surface area (Å²) in [5.41, 5.74) is 0. The molecule has 2 unspecified atom stereocenters. The Morgan fingerprint density at radius 1 is 0.889 bits per heavy atom. The molecule has 5 heteroatoms. The van der Waals surface area contributed by atoms with Crippen molar-refractivity contribution in [3.05, 3.63) is 58.7 Å². The van der Waals surface area contributed by atoms with Crippen LogP contribution in [0.3, 0.4) is 0 Å². The van der Waals surface area contributed by atoms with E-state index in [0.29, 0.717) is 12.8 Å². The highest BCUT2D eigenvalue weighted by Gasteiger charge is 2.26. The maximum Gasteiger partial charge on any atom is 0.241 e. The summed E-state index contributed by atoms with van der Waals surface area (Å²) in [6, 6.07) is -0.917. The maximum absolute atomic E-state index is 10.9. The van der Waals surface area contributed by atoms with Gasteiger partial charge >= 0.3 is 0 Å². The molecule has 0 saturated carbocycles. The fraction of sp³-hybridized carbons (Fsp3) is 0.591. The lowest BCUT2D eigenvalue weighted by molar-refractivity contribution is -0.533. The zero-order valence-corrected chi connectivity index (χ0v) is 16.5. The van der Waals surface area contributed by atoms with Gasteiger partial charge in [0.05, 0.1) is 0 Å². The number of hydrogen-bond acceptors (Lipinski definition) is 4. The molecule has 2 atom stereocenters. The SMILES string of the molecule is CCC(O)C(C/C=C\C/C=C\C=C/CC/C=C\CCCCCC=O)[N+](=O)[O-]. The molecule has 0 amide bonds. The van der Waals surface area contributed by atoms with Crippen molar-refractivity contribution in [1.29, 1.82) is 0 Å². The Hall–Kier alpha value is -2.01. The Bertz CT molecular complexity index is 495. The molecular weight excluding hydrogens is 342 g/mol. The minimum Gasteiger partial charge on any atom is -0.386 e. The summed E-state index contributed by atoms with van der Waals surface area (Å²) in [7, 11) is 0. The molecule has 0 saturated heterocycles. The first kappa shape index (κ1) is 25.0. The normalized spacial score (nSPS) is 14.6. The maximum atomic E-state index is 10.9. The van der Waals surface area contributed by atoms with Gasteiger partial charge in [0.2, 0.25) is 6.04 Å². The number of rotatable bonds is 17. The second-order valence-corrected chi connectivity index (χ2v) is 6.48. The molecule has 0 aliphatic rings. The van der Waals surface area contributed by atoms with Crippen molar-refractivity contribution in [3.8, 4) is 0 Å². The molecule has 1 N–H and O–H groups in total. The van der Waals surface area contributed by atoms with E-state index in [1.165, 1.54) is 0 Å². The van der Waals surface area contributed by atoms with Crippen molar-refractivity contribution in [2.24, 2.45) is 0 Å². The predicted molar refractivity (Wildman–Crippen MR) is 111 cm³/mol. The van der Waals surface area contributed by atoms with Crippen LogP contribution >= 0.6 is 0 Å². The van der Waals surface area contributed by atoms with E-state index in [1.54, 1.807) is 13.0 Å². The molecule has 0 fully saturated rings. The molecule has 0 spiro atoms. The molecule has 0 heterocycles. The highest BCUT2D eigenvalue weighted by Crippen LogP contribution is 2.08. The Morgan fingerprint density at radius 2 is 1.56 bits per heavy atom. The summed E-state index contributed by atoms with van der Waals surface area (Å²) >= 11 is 0. The van der Waals surface area contributed by atoms with E-state index in [4.69, 9.17) is 0 Å². The first-order valence-corrected chi connectivity index (χ1v) is 10.00. The summed E-state index contributed by atoms with van der Waals surface area (Å²) < 4.78 is 0. The van der Waals surface area contributed by atoms with Crippen LogP contribution in [0, 0.1) is 10.1 Å². The smallest absolute Gasteiger partial charge is 0.241 e. The largest absolute Gasteiger partial charge is 0.386 e. The predicted octanol–water partition coefficient (Wildman–Crippen LogP) is 5.34. The second kappa shape index (κ2) is 18.8. The average molecular weight is 378 g/mol. The quantitative estimate of drug-likeness (QED) is 0.0926. The number of nitrogens with zero attached hydrogens (tertiary/aromatic N) is 1. The molecule has 0 radical (unpaired) electrons. The summed E-state index contributed by atoms with van der Waals surface area (Å²) in [5.74, 6) is 0. The van der Waals surface area contributed by atoms with Crippen LogP contribution in [0.15, 0.2) is 48.6 Å².